The Morgan fingerprint density at radius 3 is 2.52 bits per heavy atom. The standard InChI is InChI=1S/C17H27N3O/c1-14(18)17(15-5-3-2-4-6-15)20-8-7-16(13-20)19-9-11-21-12-10-19/h2-6,14,16-17H,7-13,18H2,1H3. The molecule has 2 saturated heterocycles. The lowest BCUT2D eigenvalue weighted by Gasteiger charge is -2.34. The Hall–Kier alpha value is -0.940. The minimum atomic E-state index is 0.149. The average Bonchev–Trinajstić information content (AvgIpc) is 2.98. The number of morpholine rings is 1. The molecule has 4 heteroatoms. The molecule has 0 radical (unpaired) electrons. The van der Waals surface area contributed by atoms with Gasteiger partial charge in [-0.05, 0) is 18.9 Å². The van der Waals surface area contributed by atoms with Crippen LogP contribution in [0.15, 0.2) is 30.3 Å². The predicted octanol–water partition coefficient (Wildman–Crippen LogP) is 1.48. The van der Waals surface area contributed by atoms with E-state index in [1.54, 1.807) is 0 Å². The zero-order valence-corrected chi connectivity index (χ0v) is 12.9. The molecule has 0 saturated carbocycles. The second kappa shape index (κ2) is 6.88. The zero-order valence-electron chi connectivity index (χ0n) is 12.9. The summed E-state index contributed by atoms with van der Waals surface area (Å²) in [5.41, 5.74) is 7.64. The molecule has 2 aliphatic rings. The van der Waals surface area contributed by atoms with E-state index in [1.807, 2.05) is 0 Å². The Bertz CT molecular complexity index is 431. The number of nitrogens with zero attached hydrogens (tertiary/aromatic N) is 2. The van der Waals surface area contributed by atoms with Gasteiger partial charge in [0.2, 0.25) is 0 Å². The Morgan fingerprint density at radius 1 is 1.14 bits per heavy atom. The van der Waals surface area contributed by atoms with Crippen LogP contribution in [0.4, 0.5) is 0 Å². The van der Waals surface area contributed by atoms with Crippen LogP contribution in [0.1, 0.15) is 24.9 Å². The molecule has 2 N–H and O–H groups in total. The van der Waals surface area contributed by atoms with Crippen molar-refractivity contribution < 1.29 is 4.74 Å². The van der Waals surface area contributed by atoms with Crippen molar-refractivity contribution in [3.63, 3.8) is 0 Å². The highest BCUT2D eigenvalue weighted by Crippen LogP contribution is 2.29. The molecule has 0 bridgehead atoms. The van der Waals surface area contributed by atoms with Crippen molar-refractivity contribution >= 4 is 0 Å². The van der Waals surface area contributed by atoms with Crippen LogP contribution in [-0.2, 0) is 4.74 Å². The average molecular weight is 289 g/mol. The first-order valence-corrected chi connectivity index (χ1v) is 8.12. The molecule has 116 valence electrons. The summed E-state index contributed by atoms with van der Waals surface area (Å²) in [5.74, 6) is 0. The SMILES string of the molecule is CC(N)C(c1ccccc1)N1CCC(N2CCOCC2)C1. The van der Waals surface area contributed by atoms with Crippen LogP contribution >= 0.6 is 0 Å². The summed E-state index contributed by atoms with van der Waals surface area (Å²) in [5, 5.41) is 0. The summed E-state index contributed by atoms with van der Waals surface area (Å²) < 4.78 is 5.47. The van der Waals surface area contributed by atoms with Gasteiger partial charge in [0.15, 0.2) is 0 Å². The zero-order chi connectivity index (χ0) is 14.7. The van der Waals surface area contributed by atoms with Gasteiger partial charge in [-0.3, -0.25) is 9.80 Å². The van der Waals surface area contributed by atoms with Crippen molar-refractivity contribution in [1.82, 2.24) is 9.80 Å². The number of ether oxygens (including phenoxy) is 1. The lowest BCUT2D eigenvalue weighted by atomic mass is 9.99. The van der Waals surface area contributed by atoms with Gasteiger partial charge in [-0.1, -0.05) is 30.3 Å². The molecule has 0 spiro atoms. The number of likely N-dealkylation sites (tertiary alicyclic amines) is 1. The Balaban J connectivity index is 1.68. The summed E-state index contributed by atoms with van der Waals surface area (Å²) in [4.78, 5) is 5.16. The maximum absolute atomic E-state index is 6.30. The third kappa shape index (κ3) is 3.46. The summed E-state index contributed by atoms with van der Waals surface area (Å²) in [6.45, 7) is 8.31. The number of benzene rings is 1. The van der Waals surface area contributed by atoms with Crippen LogP contribution in [0, 0.1) is 0 Å². The van der Waals surface area contributed by atoms with Crippen molar-refractivity contribution in [2.45, 2.75) is 31.5 Å². The van der Waals surface area contributed by atoms with E-state index in [2.05, 4.69) is 47.1 Å². The molecular weight excluding hydrogens is 262 g/mol. The summed E-state index contributed by atoms with van der Waals surface area (Å²) in [7, 11) is 0. The maximum atomic E-state index is 6.30. The third-order valence-corrected chi connectivity index (χ3v) is 4.79. The van der Waals surface area contributed by atoms with Crippen LogP contribution in [-0.4, -0.2) is 61.3 Å². The quantitative estimate of drug-likeness (QED) is 0.912. The second-order valence-electron chi connectivity index (χ2n) is 6.30. The molecule has 2 heterocycles. The normalized spacial score (nSPS) is 27.6. The van der Waals surface area contributed by atoms with Gasteiger partial charge < -0.3 is 10.5 Å². The minimum absolute atomic E-state index is 0.149. The van der Waals surface area contributed by atoms with Crippen LogP contribution in [0.3, 0.4) is 0 Å². The summed E-state index contributed by atoms with van der Waals surface area (Å²) >= 11 is 0. The van der Waals surface area contributed by atoms with E-state index < -0.39 is 0 Å². The molecule has 3 atom stereocenters. The molecule has 0 amide bonds. The van der Waals surface area contributed by atoms with Gasteiger partial charge in [0, 0.05) is 44.3 Å². The third-order valence-electron chi connectivity index (χ3n) is 4.79. The van der Waals surface area contributed by atoms with Gasteiger partial charge in [-0.2, -0.15) is 0 Å². The highest BCUT2D eigenvalue weighted by Gasteiger charge is 2.34. The van der Waals surface area contributed by atoms with Gasteiger partial charge in [-0.25, -0.2) is 0 Å². The first kappa shape index (κ1) is 15.0. The van der Waals surface area contributed by atoms with E-state index in [-0.39, 0.29) is 6.04 Å². The highest BCUT2D eigenvalue weighted by molar-refractivity contribution is 5.21. The van der Waals surface area contributed by atoms with E-state index in [9.17, 15) is 0 Å². The predicted molar refractivity (Wildman–Crippen MR) is 85.2 cm³/mol. The Labute approximate surface area is 127 Å². The van der Waals surface area contributed by atoms with Gasteiger partial charge in [0.25, 0.3) is 0 Å². The highest BCUT2D eigenvalue weighted by atomic mass is 16.5. The molecule has 4 nitrogen and oxygen atoms in total. The molecule has 2 aliphatic heterocycles. The van der Waals surface area contributed by atoms with Crippen molar-refractivity contribution in [3.05, 3.63) is 35.9 Å². The van der Waals surface area contributed by atoms with E-state index in [0.717, 1.165) is 39.4 Å². The molecule has 3 unspecified atom stereocenters. The monoisotopic (exact) mass is 289 g/mol. The topological polar surface area (TPSA) is 41.7 Å². The lowest BCUT2D eigenvalue weighted by molar-refractivity contribution is 0.0173. The first-order chi connectivity index (χ1) is 10.3. The maximum Gasteiger partial charge on any atom is 0.0594 e. The molecule has 0 aliphatic carbocycles. The Morgan fingerprint density at radius 2 is 1.86 bits per heavy atom. The minimum Gasteiger partial charge on any atom is -0.379 e. The smallest absolute Gasteiger partial charge is 0.0594 e. The van der Waals surface area contributed by atoms with Crippen molar-refractivity contribution in [2.24, 2.45) is 5.73 Å². The van der Waals surface area contributed by atoms with Gasteiger partial charge in [-0.15, -0.1) is 0 Å². The molecule has 2 fully saturated rings. The van der Waals surface area contributed by atoms with Crippen LogP contribution in [0.25, 0.3) is 0 Å². The van der Waals surface area contributed by atoms with Crippen LogP contribution < -0.4 is 5.73 Å². The summed E-state index contributed by atoms with van der Waals surface area (Å²) in [6, 6.07) is 11.8. The Kier molecular flexibility index (Phi) is 4.91. The molecule has 1 aromatic rings. The summed E-state index contributed by atoms with van der Waals surface area (Å²) in [6.07, 6.45) is 1.25. The van der Waals surface area contributed by atoms with E-state index in [1.165, 1.54) is 12.0 Å². The largest absolute Gasteiger partial charge is 0.379 e. The lowest BCUT2D eigenvalue weighted by Crippen LogP contribution is -2.46. The van der Waals surface area contributed by atoms with E-state index >= 15 is 0 Å². The van der Waals surface area contributed by atoms with Gasteiger partial charge in [0.05, 0.1) is 13.2 Å². The number of hydrogen-bond donors (Lipinski definition) is 1. The van der Waals surface area contributed by atoms with E-state index in [0.29, 0.717) is 12.1 Å². The van der Waals surface area contributed by atoms with Crippen LogP contribution in [0.2, 0.25) is 0 Å². The molecule has 3 rings (SSSR count). The molecular formula is C17H27N3O. The second-order valence-corrected chi connectivity index (χ2v) is 6.30. The number of rotatable bonds is 4. The number of hydrogen-bond acceptors (Lipinski definition) is 4. The van der Waals surface area contributed by atoms with Gasteiger partial charge >= 0.3 is 0 Å². The molecule has 0 aromatic heterocycles. The van der Waals surface area contributed by atoms with E-state index in [4.69, 9.17) is 10.5 Å². The van der Waals surface area contributed by atoms with Crippen molar-refractivity contribution in [3.8, 4) is 0 Å². The first-order valence-electron chi connectivity index (χ1n) is 8.12. The van der Waals surface area contributed by atoms with Crippen molar-refractivity contribution in [1.29, 1.82) is 0 Å². The fourth-order valence-corrected chi connectivity index (χ4v) is 3.76. The van der Waals surface area contributed by atoms with Crippen molar-refractivity contribution in [2.75, 3.05) is 39.4 Å². The fourth-order valence-electron chi connectivity index (χ4n) is 3.76. The molecule has 21 heavy (non-hydrogen) atoms. The van der Waals surface area contributed by atoms with Crippen LogP contribution in [0.5, 0.6) is 0 Å². The molecule has 1 aromatic carbocycles. The fraction of sp³-hybridized carbons (Fsp3) is 0.647. The number of nitrogens with two attached hydrogens (primary N) is 1. The van der Waals surface area contributed by atoms with Gasteiger partial charge in [0.1, 0.15) is 0 Å².